The summed E-state index contributed by atoms with van der Waals surface area (Å²) in [5, 5.41) is 12.6. The highest BCUT2D eigenvalue weighted by Gasteiger charge is 2.38. The van der Waals surface area contributed by atoms with E-state index in [-0.39, 0.29) is 0 Å². The van der Waals surface area contributed by atoms with Gasteiger partial charge in [-0.05, 0) is 23.3 Å². The number of rotatable bonds is 2. The van der Waals surface area contributed by atoms with E-state index in [9.17, 15) is 23.1 Å². The standard InChI is InChI=1S/C16H13F3N2O2/c17-16(18,19)14-11(6-3-7-20-14)15(23)21-13-10-5-2-1-4-9(10)8-12(13)22/h1-7,12-13,22H,8H2,(H,21,23)/t12-,13+/m0/s1. The Hall–Kier alpha value is -2.41. The van der Waals surface area contributed by atoms with Crippen LogP contribution in [0.2, 0.25) is 0 Å². The highest BCUT2D eigenvalue weighted by atomic mass is 19.4. The highest BCUT2D eigenvalue weighted by molar-refractivity contribution is 5.95. The first-order valence-corrected chi connectivity index (χ1v) is 6.97. The quantitative estimate of drug-likeness (QED) is 0.893. The molecule has 0 bridgehead atoms. The first-order chi connectivity index (χ1) is 10.9. The van der Waals surface area contributed by atoms with Crippen LogP contribution in [0, 0.1) is 0 Å². The van der Waals surface area contributed by atoms with Crippen molar-refractivity contribution in [2.45, 2.75) is 24.7 Å². The van der Waals surface area contributed by atoms with Crippen molar-refractivity contribution >= 4 is 5.91 Å². The zero-order valence-electron chi connectivity index (χ0n) is 11.8. The fraction of sp³-hybridized carbons (Fsp3) is 0.250. The van der Waals surface area contributed by atoms with Gasteiger partial charge in [-0.25, -0.2) is 0 Å². The van der Waals surface area contributed by atoms with Crippen LogP contribution in [0.15, 0.2) is 42.6 Å². The summed E-state index contributed by atoms with van der Waals surface area (Å²) in [6.45, 7) is 0. The smallest absolute Gasteiger partial charge is 0.390 e. The van der Waals surface area contributed by atoms with Crippen molar-refractivity contribution in [3.05, 3.63) is 65.0 Å². The van der Waals surface area contributed by atoms with Crippen LogP contribution in [0.1, 0.15) is 33.2 Å². The summed E-state index contributed by atoms with van der Waals surface area (Å²) in [4.78, 5) is 15.5. The fourth-order valence-corrected chi connectivity index (χ4v) is 2.78. The largest absolute Gasteiger partial charge is 0.434 e. The molecular weight excluding hydrogens is 309 g/mol. The summed E-state index contributed by atoms with van der Waals surface area (Å²) in [6.07, 6.45) is -4.26. The molecule has 1 aromatic carbocycles. The second-order valence-corrected chi connectivity index (χ2v) is 5.32. The van der Waals surface area contributed by atoms with E-state index < -0.39 is 35.5 Å². The second-order valence-electron chi connectivity index (χ2n) is 5.32. The Morgan fingerprint density at radius 3 is 2.70 bits per heavy atom. The van der Waals surface area contributed by atoms with Crippen molar-refractivity contribution in [1.82, 2.24) is 10.3 Å². The Morgan fingerprint density at radius 1 is 1.22 bits per heavy atom. The van der Waals surface area contributed by atoms with E-state index in [2.05, 4.69) is 10.3 Å². The van der Waals surface area contributed by atoms with Gasteiger partial charge in [0.15, 0.2) is 5.69 Å². The van der Waals surface area contributed by atoms with Crippen LogP contribution in [0.5, 0.6) is 0 Å². The number of amides is 1. The molecule has 1 aliphatic carbocycles. The first kappa shape index (κ1) is 15.5. The second kappa shape index (κ2) is 5.66. The van der Waals surface area contributed by atoms with Gasteiger partial charge in [0.1, 0.15) is 0 Å². The SMILES string of the molecule is O=C(N[C@@H]1c2ccccc2C[C@@H]1O)c1cccnc1C(F)(F)F. The van der Waals surface area contributed by atoms with Crippen LogP contribution in [-0.4, -0.2) is 22.1 Å². The van der Waals surface area contributed by atoms with E-state index in [1.807, 2.05) is 6.07 Å². The first-order valence-electron chi connectivity index (χ1n) is 6.97. The number of alkyl halides is 3. The molecule has 0 aliphatic heterocycles. The van der Waals surface area contributed by atoms with E-state index in [0.29, 0.717) is 12.0 Å². The Labute approximate surface area is 130 Å². The number of nitrogens with zero attached hydrogens (tertiary/aromatic N) is 1. The number of pyridine rings is 1. The van der Waals surface area contributed by atoms with E-state index in [4.69, 9.17) is 0 Å². The van der Waals surface area contributed by atoms with Crippen molar-refractivity contribution in [2.24, 2.45) is 0 Å². The Morgan fingerprint density at radius 2 is 1.96 bits per heavy atom. The molecule has 1 aliphatic rings. The lowest BCUT2D eigenvalue weighted by Crippen LogP contribution is -2.35. The lowest BCUT2D eigenvalue weighted by atomic mass is 10.1. The molecule has 0 unspecified atom stereocenters. The Balaban J connectivity index is 1.89. The number of hydrogen-bond acceptors (Lipinski definition) is 3. The zero-order valence-corrected chi connectivity index (χ0v) is 11.8. The van der Waals surface area contributed by atoms with Crippen LogP contribution in [0.25, 0.3) is 0 Å². The minimum atomic E-state index is -4.72. The van der Waals surface area contributed by atoms with Crippen molar-refractivity contribution in [2.75, 3.05) is 0 Å². The van der Waals surface area contributed by atoms with E-state index >= 15 is 0 Å². The van der Waals surface area contributed by atoms with E-state index in [0.717, 1.165) is 17.8 Å². The molecule has 2 aromatic rings. The maximum Gasteiger partial charge on any atom is 0.434 e. The van der Waals surface area contributed by atoms with Gasteiger partial charge in [0.2, 0.25) is 0 Å². The number of fused-ring (bicyclic) bond motifs is 1. The number of benzene rings is 1. The maximum atomic E-state index is 12.9. The molecule has 0 saturated heterocycles. The molecule has 2 N–H and O–H groups in total. The average molecular weight is 322 g/mol. The topological polar surface area (TPSA) is 62.2 Å². The molecule has 4 nitrogen and oxygen atoms in total. The predicted molar refractivity (Wildman–Crippen MR) is 75.6 cm³/mol. The van der Waals surface area contributed by atoms with Gasteiger partial charge in [-0.15, -0.1) is 0 Å². The van der Waals surface area contributed by atoms with Gasteiger partial charge in [-0.3, -0.25) is 9.78 Å². The summed E-state index contributed by atoms with van der Waals surface area (Å²) in [7, 11) is 0. The van der Waals surface area contributed by atoms with E-state index in [1.165, 1.54) is 6.07 Å². The summed E-state index contributed by atoms with van der Waals surface area (Å²) in [5.74, 6) is -0.911. The molecule has 0 radical (unpaired) electrons. The van der Waals surface area contributed by atoms with Crippen molar-refractivity contribution in [3.63, 3.8) is 0 Å². The number of aromatic nitrogens is 1. The van der Waals surface area contributed by atoms with Crippen LogP contribution in [0.4, 0.5) is 13.2 Å². The highest BCUT2D eigenvalue weighted by Crippen LogP contribution is 2.33. The molecule has 23 heavy (non-hydrogen) atoms. The zero-order chi connectivity index (χ0) is 16.6. The molecule has 2 atom stereocenters. The summed E-state index contributed by atoms with van der Waals surface area (Å²) in [6, 6.07) is 8.71. The van der Waals surface area contributed by atoms with Gasteiger partial charge >= 0.3 is 6.18 Å². The average Bonchev–Trinajstić information content (AvgIpc) is 2.82. The van der Waals surface area contributed by atoms with Crippen molar-refractivity contribution in [1.29, 1.82) is 0 Å². The van der Waals surface area contributed by atoms with Gasteiger partial charge in [-0.1, -0.05) is 24.3 Å². The van der Waals surface area contributed by atoms with Gasteiger partial charge in [0.25, 0.3) is 5.91 Å². The molecule has 0 saturated carbocycles. The monoisotopic (exact) mass is 322 g/mol. The summed E-state index contributed by atoms with van der Waals surface area (Å²) < 4.78 is 38.8. The maximum absolute atomic E-state index is 12.9. The minimum absolute atomic E-state index is 0.348. The normalized spacial score (nSPS) is 20.2. The molecule has 7 heteroatoms. The van der Waals surface area contributed by atoms with Crippen LogP contribution < -0.4 is 5.32 Å². The van der Waals surface area contributed by atoms with Gasteiger partial charge in [0, 0.05) is 12.6 Å². The lowest BCUT2D eigenvalue weighted by molar-refractivity contribution is -0.141. The van der Waals surface area contributed by atoms with E-state index in [1.54, 1.807) is 18.2 Å². The van der Waals surface area contributed by atoms with Crippen molar-refractivity contribution < 1.29 is 23.1 Å². The number of aliphatic hydroxyl groups excluding tert-OH is 1. The van der Waals surface area contributed by atoms with Crippen molar-refractivity contribution in [3.8, 4) is 0 Å². The lowest BCUT2D eigenvalue weighted by Gasteiger charge is -2.19. The fourth-order valence-electron chi connectivity index (χ4n) is 2.78. The molecule has 1 amide bonds. The predicted octanol–water partition coefficient (Wildman–Crippen LogP) is 2.49. The van der Waals surface area contributed by atoms with Gasteiger partial charge < -0.3 is 10.4 Å². The molecule has 0 fully saturated rings. The molecule has 1 aromatic heterocycles. The Bertz CT molecular complexity index is 746. The van der Waals surface area contributed by atoms with Crippen LogP contribution in [0.3, 0.4) is 0 Å². The number of aliphatic hydroxyl groups is 1. The number of halogens is 3. The molecule has 3 rings (SSSR count). The summed E-state index contributed by atoms with van der Waals surface area (Å²) in [5.41, 5.74) is -0.215. The third-order valence-electron chi connectivity index (χ3n) is 3.81. The van der Waals surface area contributed by atoms with Crippen LogP contribution >= 0.6 is 0 Å². The van der Waals surface area contributed by atoms with Crippen LogP contribution in [-0.2, 0) is 12.6 Å². The third kappa shape index (κ3) is 2.92. The molecule has 1 heterocycles. The molecular formula is C16H13F3N2O2. The number of carbonyl (C=O) groups excluding carboxylic acids is 1. The summed E-state index contributed by atoms with van der Waals surface area (Å²) >= 11 is 0. The van der Waals surface area contributed by atoms with Gasteiger partial charge in [0.05, 0.1) is 17.7 Å². The molecule has 0 spiro atoms. The number of nitrogens with one attached hydrogen (secondary N) is 1. The molecule has 120 valence electrons. The Kier molecular flexibility index (Phi) is 3.81. The number of carbonyl (C=O) groups is 1. The third-order valence-corrected chi connectivity index (χ3v) is 3.81. The number of hydrogen-bond donors (Lipinski definition) is 2. The minimum Gasteiger partial charge on any atom is -0.390 e. The van der Waals surface area contributed by atoms with Gasteiger partial charge in [-0.2, -0.15) is 13.2 Å².